The van der Waals surface area contributed by atoms with Crippen LogP contribution in [-0.2, 0) is 0 Å². The van der Waals surface area contributed by atoms with Gasteiger partial charge < -0.3 is 5.73 Å². The van der Waals surface area contributed by atoms with E-state index in [4.69, 9.17) is 5.73 Å². The van der Waals surface area contributed by atoms with Crippen LogP contribution in [-0.4, -0.2) is 0 Å². The molecule has 0 saturated carbocycles. The fraction of sp³-hybridized carbons (Fsp3) is 0.200. The smallest absolute Gasteiger partial charge is 0.0393 e. The van der Waals surface area contributed by atoms with E-state index < -0.39 is 0 Å². The molecule has 0 unspecified atom stereocenters. The van der Waals surface area contributed by atoms with Gasteiger partial charge in [-0.25, -0.2) is 0 Å². The van der Waals surface area contributed by atoms with Gasteiger partial charge in [0.15, 0.2) is 0 Å². The number of nitrogens with two attached hydrogens (primary N) is 1. The molecule has 1 nitrogen and oxygen atoms in total. The molecule has 0 bridgehead atoms. The number of anilines is 1. The summed E-state index contributed by atoms with van der Waals surface area (Å²) in [5.41, 5.74) is 10.5. The Morgan fingerprint density at radius 1 is 0.938 bits per heavy atom. The summed E-state index contributed by atoms with van der Waals surface area (Å²) in [5.74, 6) is 0.531. The normalized spacial score (nSPS) is 10.7. The third-order valence-corrected chi connectivity index (χ3v) is 2.83. The van der Waals surface area contributed by atoms with Crippen molar-refractivity contribution in [3.63, 3.8) is 0 Å². The van der Waals surface area contributed by atoms with Crippen molar-refractivity contribution in [3.05, 3.63) is 54.1 Å². The second kappa shape index (κ2) is 4.40. The average Bonchev–Trinajstić information content (AvgIpc) is 2.30. The SMILES string of the molecule is CC(C)c1ccc(N)c(-c2ccccc2)c1. The fourth-order valence-corrected chi connectivity index (χ4v) is 1.80. The standard InChI is InChI=1S/C15H17N/c1-11(2)13-8-9-15(16)14(10-13)12-6-4-3-5-7-12/h3-11H,16H2,1-2H3. The summed E-state index contributed by atoms with van der Waals surface area (Å²) in [6.45, 7) is 4.39. The molecule has 2 aromatic rings. The summed E-state index contributed by atoms with van der Waals surface area (Å²) in [6, 6.07) is 16.6. The van der Waals surface area contributed by atoms with Crippen LogP contribution in [0.15, 0.2) is 48.5 Å². The maximum Gasteiger partial charge on any atom is 0.0393 e. The van der Waals surface area contributed by atoms with Crippen LogP contribution in [0.2, 0.25) is 0 Å². The third kappa shape index (κ3) is 2.08. The van der Waals surface area contributed by atoms with Crippen LogP contribution in [0, 0.1) is 0 Å². The van der Waals surface area contributed by atoms with Crippen LogP contribution in [0.1, 0.15) is 25.3 Å². The van der Waals surface area contributed by atoms with Crippen LogP contribution in [0.3, 0.4) is 0 Å². The monoisotopic (exact) mass is 211 g/mol. The van der Waals surface area contributed by atoms with Gasteiger partial charge in [0.2, 0.25) is 0 Å². The fourth-order valence-electron chi connectivity index (χ4n) is 1.80. The van der Waals surface area contributed by atoms with E-state index >= 15 is 0 Å². The zero-order valence-electron chi connectivity index (χ0n) is 9.77. The molecule has 0 heterocycles. The lowest BCUT2D eigenvalue weighted by Crippen LogP contribution is -1.94. The second-order valence-electron chi connectivity index (χ2n) is 4.37. The molecule has 0 aliphatic carbocycles. The van der Waals surface area contributed by atoms with Gasteiger partial charge in [-0.2, -0.15) is 0 Å². The summed E-state index contributed by atoms with van der Waals surface area (Å²) < 4.78 is 0. The molecule has 0 amide bonds. The number of hydrogen-bond acceptors (Lipinski definition) is 1. The Bertz CT molecular complexity index is 472. The van der Waals surface area contributed by atoms with Crippen molar-refractivity contribution in [2.45, 2.75) is 19.8 Å². The lowest BCUT2D eigenvalue weighted by molar-refractivity contribution is 0.867. The highest BCUT2D eigenvalue weighted by molar-refractivity contribution is 5.76. The highest BCUT2D eigenvalue weighted by Gasteiger charge is 2.05. The Labute approximate surface area is 96.9 Å². The van der Waals surface area contributed by atoms with E-state index in [1.165, 1.54) is 11.1 Å². The van der Waals surface area contributed by atoms with Crippen LogP contribution in [0.25, 0.3) is 11.1 Å². The van der Waals surface area contributed by atoms with Gasteiger partial charge in [0.1, 0.15) is 0 Å². The molecule has 0 radical (unpaired) electrons. The summed E-state index contributed by atoms with van der Waals surface area (Å²) in [6.07, 6.45) is 0. The molecule has 0 fully saturated rings. The Balaban J connectivity index is 2.52. The maximum atomic E-state index is 6.02. The van der Waals surface area contributed by atoms with Crippen LogP contribution >= 0.6 is 0 Å². The Kier molecular flexibility index (Phi) is 2.95. The van der Waals surface area contributed by atoms with Gasteiger partial charge in [0.05, 0.1) is 0 Å². The molecule has 82 valence electrons. The van der Waals surface area contributed by atoms with E-state index in [2.05, 4.69) is 38.1 Å². The number of rotatable bonds is 2. The average molecular weight is 211 g/mol. The zero-order chi connectivity index (χ0) is 11.5. The quantitative estimate of drug-likeness (QED) is 0.745. The van der Waals surface area contributed by atoms with Crippen molar-refractivity contribution in [2.24, 2.45) is 0 Å². The number of nitrogen functional groups attached to an aromatic ring is 1. The molecule has 0 spiro atoms. The summed E-state index contributed by atoms with van der Waals surface area (Å²) >= 11 is 0. The molecular formula is C15H17N. The number of benzene rings is 2. The molecule has 1 heteroatoms. The topological polar surface area (TPSA) is 26.0 Å². The van der Waals surface area contributed by atoms with Crippen LogP contribution < -0.4 is 5.73 Å². The van der Waals surface area contributed by atoms with Gasteiger partial charge >= 0.3 is 0 Å². The van der Waals surface area contributed by atoms with Crippen molar-refractivity contribution >= 4 is 5.69 Å². The largest absolute Gasteiger partial charge is 0.398 e. The predicted octanol–water partition coefficient (Wildman–Crippen LogP) is 4.06. The van der Waals surface area contributed by atoms with Crippen molar-refractivity contribution in [3.8, 4) is 11.1 Å². The van der Waals surface area contributed by atoms with Crippen LogP contribution in [0.5, 0.6) is 0 Å². The molecule has 0 aliphatic rings. The van der Waals surface area contributed by atoms with Gasteiger partial charge in [-0.3, -0.25) is 0 Å². The van der Waals surface area contributed by atoms with Gasteiger partial charge in [-0.05, 0) is 29.2 Å². The molecule has 2 aromatic carbocycles. The highest BCUT2D eigenvalue weighted by atomic mass is 14.6. The molecule has 0 saturated heterocycles. The molecular weight excluding hydrogens is 194 g/mol. The first kappa shape index (κ1) is 10.7. The highest BCUT2D eigenvalue weighted by Crippen LogP contribution is 2.29. The first-order valence-corrected chi connectivity index (χ1v) is 5.63. The third-order valence-electron chi connectivity index (χ3n) is 2.83. The molecule has 0 aromatic heterocycles. The van der Waals surface area contributed by atoms with E-state index in [9.17, 15) is 0 Å². The molecule has 0 aliphatic heterocycles. The minimum Gasteiger partial charge on any atom is -0.398 e. The lowest BCUT2D eigenvalue weighted by Gasteiger charge is -2.11. The van der Waals surface area contributed by atoms with Crippen LogP contribution in [0.4, 0.5) is 5.69 Å². The Hall–Kier alpha value is -1.76. The van der Waals surface area contributed by atoms with Gasteiger partial charge in [-0.15, -0.1) is 0 Å². The first-order chi connectivity index (χ1) is 7.68. The number of hydrogen-bond donors (Lipinski definition) is 1. The Morgan fingerprint density at radius 3 is 2.25 bits per heavy atom. The van der Waals surface area contributed by atoms with Gasteiger partial charge in [0.25, 0.3) is 0 Å². The molecule has 2 N–H and O–H groups in total. The minimum atomic E-state index is 0.531. The van der Waals surface area contributed by atoms with Gasteiger partial charge in [0, 0.05) is 11.3 Å². The van der Waals surface area contributed by atoms with E-state index in [0.29, 0.717) is 5.92 Å². The summed E-state index contributed by atoms with van der Waals surface area (Å²) in [4.78, 5) is 0. The van der Waals surface area contributed by atoms with E-state index in [1.54, 1.807) is 0 Å². The Morgan fingerprint density at radius 2 is 1.62 bits per heavy atom. The zero-order valence-corrected chi connectivity index (χ0v) is 9.77. The minimum absolute atomic E-state index is 0.531. The molecule has 16 heavy (non-hydrogen) atoms. The maximum absolute atomic E-state index is 6.02. The second-order valence-corrected chi connectivity index (χ2v) is 4.37. The summed E-state index contributed by atoms with van der Waals surface area (Å²) in [5, 5.41) is 0. The summed E-state index contributed by atoms with van der Waals surface area (Å²) in [7, 11) is 0. The lowest BCUT2D eigenvalue weighted by atomic mass is 9.96. The van der Waals surface area contributed by atoms with Crippen molar-refractivity contribution in [2.75, 3.05) is 5.73 Å². The van der Waals surface area contributed by atoms with Crippen molar-refractivity contribution in [1.82, 2.24) is 0 Å². The molecule has 0 atom stereocenters. The van der Waals surface area contributed by atoms with E-state index in [0.717, 1.165) is 11.3 Å². The first-order valence-electron chi connectivity index (χ1n) is 5.63. The van der Waals surface area contributed by atoms with Gasteiger partial charge in [-0.1, -0.05) is 50.2 Å². The van der Waals surface area contributed by atoms with E-state index in [1.807, 2.05) is 24.3 Å². The molecule has 2 rings (SSSR count). The van der Waals surface area contributed by atoms with Crippen molar-refractivity contribution in [1.29, 1.82) is 0 Å². The van der Waals surface area contributed by atoms with Crippen molar-refractivity contribution < 1.29 is 0 Å². The predicted molar refractivity (Wildman–Crippen MR) is 70.4 cm³/mol. The van der Waals surface area contributed by atoms with E-state index in [-0.39, 0.29) is 0 Å².